The number of carbonyl (C=O) groups is 1. The molecule has 0 aliphatic rings. The molecule has 3 aromatic heterocycles. The topological polar surface area (TPSA) is 77.6 Å². The van der Waals surface area contributed by atoms with E-state index in [-0.39, 0.29) is 5.91 Å². The van der Waals surface area contributed by atoms with Gasteiger partial charge < -0.3 is 14.5 Å². The fraction of sp³-hybridized carbons (Fsp3) is 0.200. The van der Waals surface area contributed by atoms with Gasteiger partial charge in [-0.15, -0.1) is 0 Å². The molecule has 0 saturated heterocycles. The van der Waals surface area contributed by atoms with Crippen LogP contribution in [0.2, 0.25) is 5.02 Å². The van der Waals surface area contributed by atoms with Crippen LogP contribution in [0.4, 0.5) is 0 Å². The van der Waals surface area contributed by atoms with Gasteiger partial charge in [0.1, 0.15) is 11.3 Å². The monoisotopic (exact) mass is 394 g/mol. The van der Waals surface area contributed by atoms with Crippen LogP contribution >= 0.6 is 11.6 Å². The summed E-state index contributed by atoms with van der Waals surface area (Å²) >= 11 is 6.30. The summed E-state index contributed by atoms with van der Waals surface area (Å²) in [7, 11) is 1.89. The van der Waals surface area contributed by atoms with Crippen LogP contribution in [0.25, 0.3) is 22.6 Å². The Morgan fingerprint density at radius 3 is 2.93 bits per heavy atom. The number of halogens is 1. The Morgan fingerprint density at radius 1 is 1.29 bits per heavy atom. The maximum absolute atomic E-state index is 12.4. The van der Waals surface area contributed by atoms with E-state index < -0.39 is 0 Å². The molecule has 3 heterocycles. The van der Waals surface area contributed by atoms with E-state index in [0.29, 0.717) is 34.1 Å². The van der Waals surface area contributed by atoms with Gasteiger partial charge in [-0.25, -0.2) is 15.0 Å². The molecule has 0 bridgehead atoms. The summed E-state index contributed by atoms with van der Waals surface area (Å²) in [6.07, 6.45) is 7.79. The van der Waals surface area contributed by atoms with Gasteiger partial charge in [0, 0.05) is 44.3 Å². The second kappa shape index (κ2) is 7.82. The van der Waals surface area contributed by atoms with Crippen molar-refractivity contribution in [1.29, 1.82) is 0 Å². The van der Waals surface area contributed by atoms with Crippen molar-refractivity contribution in [3.8, 4) is 11.4 Å². The molecule has 8 heteroatoms. The number of pyridine rings is 1. The van der Waals surface area contributed by atoms with Crippen LogP contribution < -0.4 is 5.32 Å². The van der Waals surface area contributed by atoms with E-state index in [4.69, 9.17) is 11.6 Å². The molecule has 28 heavy (non-hydrogen) atoms. The number of carbonyl (C=O) groups excluding carboxylic acids is 1. The SMILES string of the molecule is Cn1c(-c2ccccc2Cl)nc2cc(C(=O)NCCCn3ccnc3)cnc21. The van der Waals surface area contributed by atoms with Crippen LogP contribution in [0, 0.1) is 0 Å². The molecule has 1 aromatic carbocycles. The zero-order chi connectivity index (χ0) is 19.5. The van der Waals surface area contributed by atoms with Gasteiger partial charge in [-0.3, -0.25) is 4.79 Å². The van der Waals surface area contributed by atoms with Gasteiger partial charge in [-0.1, -0.05) is 23.7 Å². The molecule has 1 amide bonds. The number of imidazole rings is 2. The molecule has 0 radical (unpaired) electrons. The Labute approximate surface area is 167 Å². The van der Waals surface area contributed by atoms with E-state index in [2.05, 4.69) is 20.3 Å². The van der Waals surface area contributed by atoms with Crippen molar-refractivity contribution in [2.24, 2.45) is 7.05 Å². The van der Waals surface area contributed by atoms with Gasteiger partial charge in [0.05, 0.1) is 16.9 Å². The summed E-state index contributed by atoms with van der Waals surface area (Å²) in [6, 6.07) is 9.29. The first-order chi connectivity index (χ1) is 13.6. The van der Waals surface area contributed by atoms with Gasteiger partial charge in [0.15, 0.2) is 5.65 Å². The van der Waals surface area contributed by atoms with Crippen molar-refractivity contribution in [3.63, 3.8) is 0 Å². The lowest BCUT2D eigenvalue weighted by Crippen LogP contribution is -2.25. The molecule has 1 N–H and O–H groups in total. The van der Waals surface area contributed by atoms with E-state index in [1.165, 1.54) is 0 Å². The van der Waals surface area contributed by atoms with Crippen molar-refractivity contribution in [3.05, 3.63) is 65.8 Å². The highest BCUT2D eigenvalue weighted by atomic mass is 35.5. The van der Waals surface area contributed by atoms with Crippen molar-refractivity contribution < 1.29 is 4.79 Å². The van der Waals surface area contributed by atoms with Crippen LogP contribution in [-0.2, 0) is 13.6 Å². The van der Waals surface area contributed by atoms with Gasteiger partial charge in [0.2, 0.25) is 0 Å². The summed E-state index contributed by atoms with van der Waals surface area (Å²) in [6.45, 7) is 1.38. The minimum absolute atomic E-state index is 0.162. The fourth-order valence-corrected chi connectivity index (χ4v) is 3.29. The Balaban J connectivity index is 1.49. The van der Waals surface area contributed by atoms with Gasteiger partial charge in [-0.05, 0) is 24.6 Å². The normalized spacial score (nSPS) is 11.1. The van der Waals surface area contributed by atoms with Gasteiger partial charge in [-0.2, -0.15) is 0 Å². The summed E-state index contributed by atoms with van der Waals surface area (Å²) in [5.74, 6) is 0.552. The number of benzene rings is 1. The number of rotatable bonds is 6. The molecular weight excluding hydrogens is 376 g/mol. The number of hydrogen-bond donors (Lipinski definition) is 1. The minimum Gasteiger partial charge on any atom is -0.352 e. The Hall–Kier alpha value is -3.19. The number of hydrogen-bond acceptors (Lipinski definition) is 4. The largest absolute Gasteiger partial charge is 0.352 e. The average Bonchev–Trinajstić information content (AvgIpc) is 3.33. The predicted octanol–water partition coefficient (Wildman–Crippen LogP) is 3.31. The van der Waals surface area contributed by atoms with E-state index in [9.17, 15) is 4.79 Å². The maximum Gasteiger partial charge on any atom is 0.252 e. The highest BCUT2D eigenvalue weighted by Crippen LogP contribution is 2.28. The molecule has 0 unspecified atom stereocenters. The molecule has 142 valence electrons. The van der Waals surface area contributed by atoms with Gasteiger partial charge >= 0.3 is 0 Å². The standard InChI is InChI=1S/C20H19ClN6O/c1-26-18(15-5-2-3-6-16(15)21)25-17-11-14(12-24-19(17)26)20(28)23-7-4-9-27-10-8-22-13-27/h2-3,5-6,8,10-13H,4,7,9H2,1H3,(H,23,28). The number of nitrogens with zero attached hydrogens (tertiary/aromatic N) is 5. The van der Waals surface area contributed by atoms with E-state index in [0.717, 1.165) is 18.5 Å². The van der Waals surface area contributed by atoms with Crippen LogP contribution in [0.1, 0.15) is 16.8 Å². The highest BCUT2D eigenvalue weighted by molar-refractivity contribution is 6.33. The lowest BCUT2D eigenvalue weighted by atomic mass is 10.2. The number of nitrogens with one attached hydrogen (secondary N) is 1. The van der Waals surface area contributed by atoms with Crippen molar-refractivity contribution in [2.75, 3.05) is 6.54 Å². The third kappa shape index (κ3) is 3.61. The number of amides is 1. The zero-order valence-corrected chi connectivity index (χ0v) is 16.1. The van der Waals surface area contributed by atoms with E-state index >= 15 is 0 Å². The Bertz CT molecular complexity index is 1120. The second-order valence-corrected chi connectivity index (χ2v) is 6.86. The lowest BCUT2D eigenvalue weighted by molar-refractivity contribution is 0.0952. The predicted molar refractivity (Wildman–Crippen MR) is 108 cm³/mol. The molecule has 4 rings (SSSR count). The van der Waals surface area contributed by atoms with Crippen LogP contribution in [0.3, 0.4) is 0 Å². The quantitative estimate of drug-likeness (QED) is 0.509. The van der Waals surface area contributed by atoms with E-state index in [1.807, 2.05) is 46.6 Å². The van der Waals surface area contributed by atoms with Crippen molar-refractivity contribution in [2.45, 2.75) is 13.0 Å². The Morgan fingerprint density at radius 2 is 2.14 bits per heavy atom. The summed E-state index contributed by atoms with van der Waals surface area (Å²) in [4.78, 5) is 25.5. The number of aromatic nitrogens is 5. The molecule has 0 aliphatic carbocycles. The number of fused-ring (bicyclic) bond motifs is 1. The molecule has 0 fully saturated rings. The molecule has 0 aliphatic heterocycles. The van der Waals surface area contributed by atoms with Crippen LogP contribution in [0.15, 0.2) is 55.2 Å². The first-order valence-corrected chi connectivity index (χ1v) is 9.32. The van der Waals surface area contributed by atoms with E-state index in [1.54, 1.807) is 24.8 Å². The second-order valence-electron chi connectivity index (χ2n) is 6.45. The third-order valence-corrected chi connectivity index (χ3v) is 4.85. The molecule has 0 spiro atoms. The maximum atomic E-state index is 12.4. The smallest absolute Gasteiger partial charge is 0.252 e. The minimum atomic E-state index is -0.162. The first-order valence-electron chi connectivity index (χ1n) is 8.95. The van der Waals surface area contributed by atoms with Crippen LogP contribution in [0.5, 0.6) is 0 Å². The van der Waals surface area contributed by atoms with Crippen LogP contribution in [-0.4, -0.2) is 36.5 Å². The van der Waals surface area contributed by atoms with Crippen molar-refractivity contribution >= 4 is 28.7 Å². The molecular formula is C20H19ClN6O. The first kappa shape index (κ1) is 18.2. The third-order valence-electron chi connectivity index (χ3n) is 4.52. The Kier molecular flexibility index (Phi) is 5.08. The van der Waals surface area contributed by atoms with Gasteiger partial charge in [0.25, 0.3) is 5.91 Å². The summed E-state index contributed by atoms with van der Waals surface area (Å²) < 4.78 is 3.85. The molecule has 0 saturated carbocycles. The molecule has 7 nitrogen and oxygen atoms in total. The average molecular weight is 395 g/mol. The highest BCUT2D eigenvalue weighted by Gasteiger charge is 2.15. The zero-order valence-electron chi connectivity index (χ0n) is 15.3. The fourth-order valence-electron chi connectivity index (χ4n) is 3.07. The van der Waals surface area contributed by atoms with Crippen molar-refractivity contribution in [1.82, 2.24) is 29.4 Å². The summed E-state index contributed by atoms with van der Waals surface area (Å²) in [5.41, 5.74) is 2.67. The molecule has 0 atom stereocenters. The molecule has 4 aromatic rings. The number of aryl methyl sites for hydroxylation is 2. The lowest BCUT2D eigenvalue weighted by Gasteiger charge is -2.06. The summed E-state index contributed by atoms with van der Waals surface area (Å²) in [5, 5.41) is 3.54.